The first kappa shape index (κ1) is 24.3. The zero-order valence-electron chi connectivity index (χ0n) is 18.6. The maximum atomic E-state index is 13.8. The molecule has 174 valence electrons. The topological polar surface area (TPSA) is 86.7 Å². The Kier molecular flexibility index (Phi) is 7.71. The van der Waals surface area contributed by atoms with Gasteiger partial charge in [-0.25, -0.2) is 17.6 Å². The number of carboxylic acid groups (broad SMARTS) is 1. The number of anilines is 2. The number of benzene rings is 3. The maximum absolute atomic E-state index is 13.8. The molecule has 0 saturated heterocycles. The Hall–Kier alpha value is -3.39. The van der Waals surface area contributed by atoms with Crippen LogP contribution < -0.4 is 9.62 Å². The van der Waals surface area contributed by atoms with Gasteiger partial charge in [-0.1, -0.05) is 49.7 Å². The number of carbonyl (C=O) groups is 1. The van der Waals surface area contributed by atoms with Gasteiger partial charge in [0, 0.05) is 13.1 Å². The Bertz CT molecular complexity index is 1230. The molecule has 0 aliphatic carbocycles. The summed E-state index contributed by atoms with van der Waals surface area (Å²) in [5, 5.41) is 9.47. The fourth-order valence-electron chi connectivity index (χ4n) is 3.53. The van der Waals surface area contributed by atoms with Crippen LogP contribution in [0.1, 0.15) is 41.3 Å². The first-order valence-corrected chi connectivity index (χ1v) is 12.1. The second kappa shape index (κ2) is 10.5. The van der Waals surface area contributed by atoms with Gasteiger partial charge in [0.1, 0.15) is 5.82 Å². The molecule has 3 aromatic carbocycles. The third-order valence-corrected chi connectivity index (χ3v) is 6.77. The molecule has 0 fully saturated rings. The number of aryl methyl sites for hydroxylation is 1. The van der Waals surface area contributed by atoms with Crippen LogP contribution in [0.4, 0.5) is 15.8 Å². The fraction of sp³-hybridized carbons (Fsp3) is 0.240. The van der Waals surface area contributed by atoms with Gasteiger partial charge in [0.25, 0.3) is 10.0 Å². The van der Waals surface area contributed by atoms with E-state index in [9.17, 15) is 22.7 Å². The molecule has 0 bridgehead atoms. The Morgan fingerprint density at radius 1 is 1.06 bits per heavy atom. The third-order valence-electron chi connectivity index (χ3n) is 5.27. The van der Waals surface area contributed by atoms with Crippen LogP contribution in [0.3, 0.4) is 0 Å². The third kappa shape index (κ3) is 6.10. The van der Waals surface area contributed by atoms with Crippen LogP contribution in [0.15, 0.2) is 71.6 Å². The molecule has 0 radical (unpaired) electrons. The van der Waals surface area contributed by atoms with Crippen LogP contribution in [0.5, 0.6) is 0 Å². The van der Waals surface area contributed by atoms with Gasteiger partial charge in [0.2, 0.25) is 0 Å². The number of nitrogens with zero attached hydrogens (tertiary/aromatic N) is 1. The average Bonchev–Trinajstić information content (AvgIpc) is 2.78. The van der Waals surface area contributed by atoms with Crippen LogP contribution in [0, 0.1) is 12.7 Å². The molecule has 6 nitrogen and oxygen atoms in total. The van der Waals surface area contributed by atoms with Crippen molar-refractivity contribution >= 4 is 27.4 Å². The van der Waals surface area contributed by atoms with Gasteiger partial charge in [-0.05, 0) is 54.8 Å². The molecular formula is C25H27FN2O4S. The lowest BCUT2D eigenvalue weighted by Gasteiger charge is -2.28. The van der Waals surface area contributed by atoms with Crippen LogP contribution in [-0.2, 0) is 16.6 Å². The average molecular weight is 471 g/mol. The summed E-state index contributed by atoms with van der Waals surface area (Å²) in [5.41, 5.74) is 2.04. The van der Waals surface area contributed by atoms with Gasteiger partial charge in [0.15, 0.2) is 0 Å². The Morgan fingerprint density at radius 2 is 1.79 bits per heavy atom. The second-order valence-electron chi connectivity index (χ2n) is 7.81. The fourth-order valence-corrected chi connectivity index (χ4v) is 4.85. The van der Waals surface area contributed by atoms with E-state index in [2.05, 4.69) is 11.6 Å². The number of aromatic carboxylic acids is 1. The summed E-state index contributed by atoms with van der Waals surface area (Å²) in [6, 6.07) is 17.6. The van der Waals surface area contributed by atoms with E-state index < -0.39 is 21.8 Å². The summed E-state index contributed by atoms with van der Waals surface area (Å²) in [6.07, 6.45) is 1.80. The molecule has 0 atom stereocenters. The van der Waals surface area contributed by atoms with Gasteiger partial charge >= 0.3 is 5.97 Å². The summed E-state index contributed by atoms with van der Waals surface area (Å²) in [5.74, 6) is -1.85. The van der Waals surface area contributed by atoms with Crippen molar-refractivity contribution < 1.29 is 22.7 Å². The lowest BCUT2D eigenvalue weighted by Crippen LogP contribution is -2.26. The number of unbranched alkanes of at least 4 members (excludes halogenated alkanes) is 1. The van der Waals surface area contributed by atoms with Crippen LogP contribution in [-0.4, -0.2) is 26.0 Å². The largest absolute Gasteiger partial charge is 0.478 e. The number of rotatable bonds is 10. The van der Waals surface area contributed by atoms with Crippen molar-refractivity contribution in [3.63, 3.8) is 0 Å². The highest BCUT2D eigenvalue weighted by Crippen LogP contribution is 2.32. The number of nitrogens with one attached hydrogen (secondary N) is 1. The molecule has 0 amide bonds. The monoisotopic (exact) mass is 470 g/mol. The molecule has 0 aromatic heterocycles. The SMILES string of the molecule is CCCCN(Cc1ccccc1)c1ccc(C(=O)O)cc1NS(=O)(=O)c1cc(F)ccc1C. The van der Waals surface area contributed by atoms with Gasteiger partial charge in [-0.2, -0.15) is 0 Å². The lowest BCUT2D eigenvalue weighted by molar-refractivity contribution is 0.0697. The molecule has 0 spiro atoms. The number of sulfonamides is 1. The van der Waals surface area contributed by atoms with Gasteiger partial charge < -0.3 is 10.0 Å². The van der Waals surface area contributed by atoms with Crippen molar-refractivity contribution in [3.05, 3.63) is 89.2 Å². The van der Waals surface area contributed by atoms with E-state index in [0.717, 1.165) is 24.5 Å². The summed E-state index contributed by atoms with van der Waals surface area (Å²) in [4.78, 5) is 13.4. The van der Waals surface area contributed by atoms with E-state index in [1.165, 1.54) is 24.3 Å². The predicted octanol–water partition coefficient (Wildman–Crippen LogP) is 5.44. The highest BCUT2D eigenvalue weighted by molar-refractivity contribution is 7.92. The van der Waals surface area contributed by atoms with E-state index in [0.29, 0.717) is 24.3 Å². The van der Waals surface area contributed by atoms with Crippen molar-refractivity contribution in [2.75, 3.05) is 16.2 Å². The minimum Gasteiger partial charge on any atom is -0.478 e. The molecule has 33 heavy (non-hydrogen) atoms. The Labute approximate surface area is 193 Å². The minimum absolute atomic E-state index is 0.0532. The van der Waals surface area contributed by atoms with Gasteiger partial charge in [0.05, 0.1) is 21.8 Å². The molecule has 0 saturated carbocycles. The molecule has 0 unspecified atom stereocenters. The van der Waals surface area contributed by atoms with Crippen LogP contribution in [0.25, 0.3) is 0 Å². The molecule has 3 aromatic rings. The smallest absolute Gasteiger partial charge is 0.335 e. The van der Waals surface area contributed by atoms with Gasteiger partial charge in [-0.3, -0.25) is 4.72 Å². The summed E-state index contributed by atoms with van der Waals surface area (Å²) in [6.45, 7) is 4.79. The second-order valence-corrected chi connectivity index (χ2v) is 9.46. The highest BCUT2D eigenvalue weighted by atomic mass is 32.2. The summed E-state index contributed by atoms with van der Waals surface area (Å²) >= 11 is 0. The molecule has 2 N–H and O–H groups in total. The molecule has 3 rings (SSSR count). The van der Waals surface area contributed by atoms with Gasteiger partial charge in [-0.15, -0.1) is 0 Å². The van der Waals surface area contributed by atoms with Crippen molar-refractivity contribution in [1.82, 2.24) is 0 Å². The van der Waals surface area contributed by atoms with Crippen LogP contribution in [0.2, 0.25) is 0 Å². The zero-order chi connectivity index (χ0) is 24.0. The number of hydrogen-bond acceptors (Lipinski definition) is 4. The summed E-state index contributed by atoms with van der Waals surface area (Å²) < 4.78 is 42.6. The van der Waals surface area contributed by atoms with Crippen molar-refractivity contribution in [2.45, 2.75) is 38.1 Å². The minimum atomic E-state index is -4.17. The van der Waals surface area contributed by atoms with E-state index in [1.54, 1.807) is 13.0 Å². The van der Waals surface area contributed by atoms with Crippen molar-refractivity contribution in [2.24, 2.45) is 0 Å². The van der Waals surface area contributed by atoms with Crippen molar-refractivity contribution in [1.29, 1.82) is 0 Å². The van der Waals surface area contributed by atoms with Crippen molar-refractivity contribution in [3.8, 4) is 0 Å². The van der Waals surface area contributed by atoms with E-state index >= 15 is 0 Å². The highest BCUT2D eigenvalue weighted by Gasteiger charge is 2.22. The zero-order valence-corrected chi connectivity index (χ0v) is 19.4. The lowest BCUT2D eigenvalue weighted by atomic mass is 10.1. The quantitative estimate of drug-likeness (QED) is 0.412. The van der Waals surface area contributed by atoms with E-state index in [4.69, 9.17) is 0 Å². The first-order valence-electron chi connectivity index (χ1n) is 10.7. The first-order chi connectivity index (χ1) is 15.7. The number of halogens is 1. The molecule has 0 heterocycles. The van der Waals surface area contributed by atoms with Crippen LogP contribution >= 0.6 is 0 Å². The normalized spacial score (nSPS) is 11.2. The molecule has 0 aliphatic rings. The summed E-state index contributed by atoms with van der Waals surface area (Å²) in [7, 11) is -4.17. The Balaban J connectivity index is 2.07. The number of carboxylic acids is 1. The maximum Gasteiger partial charge on any atom is 0.335 e. The Morgan fingerprint density at radius 3 is 2.45 bits per heavy atom. The molecular weight excluding hydrogens is 443 g/mol. The standard InChI is InChI=1S/C25H27FN2O4S/c1-3-4-14-28(17-19-8-6-5-7-9-19)23-13-11-20(25(29)30)15-22(23)27-33(31,32)24-16-21(26)12-10-18(24)2/h5-13,15-16,27H,3-4,14,17H2,1-2H3,(H,29,30). The number of hydrogen-bond donors (Lipinski definition) is 2. The van der Waals surface area contributed by atoms with E-state index in [1.807, 2.05) is 35.2 Å². The van der Waals surface area contributed by atoms with E-state index in [-0.39, 0.29) is 16.1 Å². The molecule has 8 heteroatoms. The predicted molar refractivity (Wildman–Crippen MR) is 128 cm³/mol. The molecule has 0 aliphatic heterocycles.